The Morgan fingerprint density at radius 3 is 3.00 bits per heavy atom. The second kappa shape index (κ2) is 6.27. The van der Waals surface area contributed by atoms with Crippen LogP contribution in [0.15, 0.2) is 35.4 Å². The molecule has 0 saturated heterocycles. The predicted octanol–water partition coefficient (Wildman–Crippen LogP) is 1.13. The highest BCUT2D eigenvalue weighted by Crippen LogP contribution is 2.26. The van der Waals surface area contributed by atoms with Gasteiger partial charge in [-0.05, 0) is 12.1 Å². The molecule has 2 rings (SSSR count). The standard InChI is InChI=1S/C13H13ClN4O3/c1-21-11-4-9(15)2-3-10(11)17-12(19)7-18-6-8(14)5-16-13(18)20/h2-6H,7,15H2,1H3,(H,17,19). The van der Waals surface area contributed by atoms with Crippen molar-refractivity contribution in [1.82, 2.24) is 9.55 Å². The maximum Gasteiger partial charge on any atom is 0.348 e. The van der Waals surface area contributed by atoms with Crippen LogP contribution in [-0.2, 0) is 11.3 Å². The Morgan fingerprint density at radius 1 is 1.52 bits per heavy atom. The molecule has 0 unspecified atom stereocenters. The van der Waals surface area contributed by atoms with Gasteiger partial charge >= 0.3 is 5.69 Å². The fourth-order valence-corrected chi connectivity index (χ4v) is 1.86. The third kappa shape index (κ3) is 3.73. The third-order valence-electron chi connectivity index (χ3n) is 2.64. The predicted molar refractivity (Wildman–Crippen MR) is 79.5 cm³/mol. The fraction of sp³-hybridized carbons (Fsp3) is 0.154. The van der Waals surface area contributed by atoms with E-state index >= 15 is 0 Å². The van der Waals surface area contributed by atoms with Crippen LogP contribution in [0.3, 0.4) is 0 Å². The summed E-state index contributed by atoms with van der Waals surface area (Å²) >= 11 is 5.74. The molecular weight excluding hydrogens is 296 g/mol. The van der Waals surface area contributed by atoms with Crippen LogP contribution in [0.25, 0.3) is 0 Å². The lowest BCUT2D eigenvalue weighted by Crippen LogP contribution is -2.28. The van der Waals surface area contributed by atoms with E-state index < -0.39 is 11.6 Å². The molecule has 21 heavy (non-hydrogen) atoms. The van der Waals surface area contributed by atoms with Gasteiger partial charge in [0.15, 0.2) is 0 Å². The second-order valence-corrected chi connectivity index (χ2v) is 4.63. The molecule has 0 saturated carbocycles. The molecular formula is C13H13ClN4O3. The number of anilines is 2. The number of nitrogen functional groups attached to an aromatic ring is 1. The van der Waals surface area contributed by atoms with Crippen LogP contribution in [0.1, 0.15) is 0 Å². The van der Waals surface area contributed by atoms with Gasteiger partial charge in [-0.2, -0.15) is 0 Å². The van der Waals surface area contributed by atoms with Crippen molar-refractivity contribution in [2.45, 2.75) is 6.54 Å². The number of nitrogens with zero attached hydrogens (tertiary/aromatic N) is 2. The van der Waals surface area contributed by atoms with Crippen molar-refractivity contribution in [3.8, 4) is 5.75 Å². The highest BCUT2D eigenvalue weighted by atomic mass is 35.5. The number of hydrogen-bond donors (Lipinski definition) is 2. The molecule has 8 heteroatoms. The number of methoxy groups -OCH3 is 1. The number of halogens is 1. The third-order valence-corrected chi connectivity index (χ3v) is 2.83. The second-order valence-electron chi connectivity index (χ2n) is 4.19. The molecule has 3 N–H and O–H groups in total. The van der Waals surface area contributed by atoms with Crippen LogP contribution in [-0.4, -0.2) is 22.6 Å². The van der Waals surface area contributed by atoms with Gasteiger partial charge in [-0.15, -0.1) is 0 Å². The SMILES string of the molecule is COc1cc(N)ccc1NC(=O)Cn1cc(Cl)cnc1=O. The molecule has 0 aliphatic heterocycles. The van der Waals surface area contributed by atoms with Crippen molar-refractivity contribution >= 4 is 28.9 Å². The number of ether oxygens (including phenoxy) is 1. The van der Waals surface area contributed by atoms with E-state index in [4.69, 9.17) is 22.1 Å². The van der Waals surface area contributed by atoms with Crippen LogP contribution < -0.4 is 21.5 Å². The molecule has 0 radical (unpaired) electrons. The molecule has 1 heterocycles. The zero-order chi connectivity index (χ0) is 15.4. The molecule has 2 aromatic rings. The van der Waals surface area contributed by atoms with Gasteiger partial charge in [0.05, 0.1) is 24.0 Å². The summed E-state index contributed by atoms with van der Waals surface area (Å²) in [7, 11) is 1.47. The van der Waals surface area contributed by atoms with Crippen LogP contribution in [0.2, 0.25) is 5.02 Å². The molecule has 1 aromatic carbocycles. The maximum atomic E-state index is 12.0. The van der Waals surface area contributed by atoms with Crippen molar-refractivity contribution in [3.63, 3.8) is 0 Å². The van der Waals surface area contributed by atoms with Gasteiger partial charge in [0.25, 0.3) is 0 Å². The van der Waals surface area contributed by atoms with Gasteiger partial charge in [0.1, 0.15) is 12.3 Å². The summed E-state index contributed by atoms with van der Waals surface area (Å²) in [6.45, 7) is -0.208. The average Bonchev–Trinajstić information content (AvgIpc) is 2.44. The number of aromatic nitrogens is 2. The first-order valence-electron chi connectivity index (χ1n) is 5.95. The van der Waals surface area contributed by atoms with Crippen LogP contribution in [0, 0.1) is 0 Å². The van der Waals surface area contributed by atoms with Crippen LogP contribution in [0.4, 0.5) is 11.4 Å². The molecule has 0 spiro atoms. The zero-order valence-electron chi connectivity index (χ0n) is 11.2. The van der Waals surface area contributed by atoms with Gasteiger partial charge in [-0.1, -0.05) is 11.6 Å². The minimum atomic E-state index is -0.557. The summed E-state index contributed by atoms with van der Waals surface area (Å²) in [6, 6.07) is 4.83. The molecule has 0 aliphatic rings. The summed E-state index contributed by atoms with van der Waals surface area (Å²) in [4.78, 5) is 27.0. The Labute approximate surface area is 125 Å². The van der Waals surface area contributed by atoms with Gasteiger partial charge in [-0.25, -0.2) is 9.78 Å². The lowest BCUT2D eigenvalue weighted by molar-refractivity contribution is -0.116. The fourth-order valence-electron chi connectivity index (χ4n) is 1.70. The van der Waals surface area contributed by atoms with E-state index in [1.54, 1.807) is 18.2 Å². The Hall–Kier alpha value is -2.54. The molecule has 110 valence electrons. The van der Waals surface area contributed by atoms with E-state index in [1.165, 1.54) is 19.5 Å². The van der Waals surface area contributed by atoms with Crippen LogP contribution in [0.5, 0.6) is 5.75 Å². The normalized spacial score (nSPS) is 10.2. The molecule has 1 amide bonds. The van der Waals surface area contributed by atoms with Crippen molar-refractivity contribution in [1.29, 1.82) is 0 Å². The zero-order valence-corrected chi connectivity index (χ0v) is 11.9. The lowest BCUT2D eigenvalue weighted by Gasteiger charge is -2.11. The Balaban J connectivity index is 2.15. The smallest absolute Gasteiger partial charge is 0.348 e. The minimum absolute atomic E-state index is 0.208. The molecule has 0 fully saturated rings. The number of nitrogens with one attached hydrogen (secondary N) is 1. The van der Waals surface area contributed by atoms with Gasteiger partial charge in [0, 0.05) is 18.0 Å². The largest absolute Gasteiger partial charge is 0.494 e. The summed E-state index contributed by atoms with van der Waals surface area (Å²) in [5, 5.41) is 2.90. The topological polar surface area (TPSA) is 99.2 Å². The number of benzene rings is 1. The molecule has 7 nitrogen and oxygen atoms in total. The first-order chi connectivity index (χ1) is 9.99. The van der Waals surface area contributed by atoms with Gasteiger partial charge < -0.3 is 15.8 Å². The van der Waals surface area contributed by atoms with E-state index in [0.29, 0.717) is 17.1 Å². The number of carbonyl (C=O) groups is 1. The molecule has 1 aromatic heterocycles. The number of rotatable bonds is 4. The van der Waals surface area contributed by atoms with Crippen molar-refractivity contribution < 1.29 is 9.53 Å². The van der Waals surface area contributed by atoms with E-state index in [0.717, 1.165) is 4.57 Å². The van der Waals surface area contributed by atoms with Crippen molar-refractivity contribution in [3.05, 3.63) is 46.1 Å². The molecule has 0 bridgehead atoms. The van der Waals surface area contributed by atoms with E-state index in [-0.39, 0.29) is 11.6 Å². The maximum absolute atomic E-state index is 12.0. The summed E-state index contributed by atoms with van der Waals surface area (Å²) < 4.78 is 6.24. The minimum Gasteiger partial charge on any atom is -0.494 e. The van der Waals surface area contributed by atoms with Crippen molar-refractivity contribution in [2.75, 3.05) is 18.2 Å². The summed E-state index contributed by atoms with van der Waals surface area (Å²) in [5.74, 6) is 0.0177. The van der Waals surface area contributed by atoms with Crippen molar-refractivity contribution in [2.24, 2.45) is 0 Å². The first-order valence-corrected chi connectivity index (χ1v) is 6.33. The van der Waals surface area contributed by atoms with E-state index in [1.807, 2.05) is 0 Å². The highest BCUT2D eigenvalue weighted by Gasteiger charge is 2.10. The monoisotopic (exact) mass is 308 g/mol. The van der Waals surface area contributed by atoms with Gasteiger partial charge in [-0.3, -0.25) is 9.36 Å². The summed E-state index contributed by atoms with van der Waals surface area (Å²) in [5.41, 5.74) is 6.05. The Morgan fingerprint density at radius 2 is 2.29 bits per heavy atom. The number of carbonyl (C=O) groups excluding carboxylic acids is 1. The Bertz CT molecular complexity index is 730. The number of nitrogens with two attached hydrogens (primary N) is 1. The highest BCUT2D eigenvalue weighted by molar-refractivity contribution is 6.30. The Kier molecular flexibility index (Phi) is 4.44. The average molecular weight is 309 g/mol. The number of hydrogen-bond acceptors (Lipinski definition) is 5. The molecule has 0 aliphatic carbocycles. The summed E-state index contributed by atoms with van der Waals surface area (Å²) in [6.07, 6.45) is 2.57. The van der Waals surface area contributed by atoms with Crippen LogP contribution >= 0.6 is 11.6 Å². The first kappa shape index (κ1) is 14.9. The van der Waals surface area contributed by atoms with E-state index in [9.17, 15) is 9.59 Å². The van der Waals surface area contributed by atoms with E-state index in [2.05, 4.69) is 10.3 Å². The molecule has 0 atom stereocenters. The number of amides is 1. The lowest BCUT2D eigenvalue weighted by atomic mass is 10.2. The van der Waals surface area contributed by atoms with Gasteiger partial charge in [0.2, 0.25) is 5.91 Å². The quantitative estimate of drug-likeness (QED) is 0.825.